The van der Waals surface area contributed by atoms with Crippen molar-refractivity contribution in [1.29, 1.82) is 0 Å². The van der Waals surface area contributed by atoms with Gasteiger partial charge >= 0.3 is 0 Å². The number of nitrogens with two attached hydrogens (primary N) is 1. The third kappa shape index (κ3) is 2.60. The average Bonchev–Trinajstić information content (AvgIpc) is 2.39. The first kappa shape index (κ1) is 12.8. The van der Waals surface area contributed by atoms with E-state index < -0.39 is 0 Å². The summed E-state index contributed by atoms with van der Waals surface area (Å²) in [7, 11) is 1.57. The molecule has 1 aromatic heterocycles. The molecule has 0 radical (unpaired) electrons. The molecule has 1 heterocycles. The lowest BCUT2D eigenvalue weighted by molar-refractivity contribution is 0.414. The summed E-state index contributed by atoms with van der Waals surface area (Å²) in [6.45, 7) is 1.88. The van der Waals surface area contributed by atoms with E-state index >= 15 is 0 Å². The fourth-order valence-corrected chi connectivity index (χ4v) is 1.80. The SMILES string of the molecule is COc1cc(C(N)c2cnc(C)cn2)ccc1Cl. The maximum absolute atomic E-state index is 6.14. The summed E-state index contributed by atoms with van der Waals surface area (Å²) in [4.78, 5) is 8.46. The largest absolute Gasteiger partial charge is 0.495 e. The van der Waals surface area contributed by atoms with E-state index in [2.05, 4.69) is 9.97 Å². The fourth-order valence-electron chi connectivity index (χ4n) is 1.60. The number of hydrogen-bond acceptors (Lipinski definition) is 4. The molecule has 0 fully saturated rings. The van der Waals surface area contributed by atoms with Crippen LogP contribution in [0.15, 0.2) is 30.6 Å². The molecule has 0 saturated heterocycles. The van der Waals surface area contributed by atoms with Crippen molar-refractivity contribution in [3.8, 4) is 5.75 Å². The van der Waals surface area contributed by atoms with Crippen molar-refractivity contribution in [1.82, 2.24) is 9.97 Å². The molecule has 4 nitrogen and oxygen atoms in total. The molecule has 94 valence electrons. The Morgan fingerprint density at radius 3 is 2.67 bits per heavy atom. The van der Waals surface area contributed by atoms with E-state index in [0.717, 1.165) is 11.3 Å². The second-order valence-corrected chi connectivity index (χ2v) is 4.36. The van der Waals surface area contributed by atoms with Gasteiger partial charge in [-0.1, -0.05) is 17.7 Å². The molecule has 0 saturated carbocycles. The highest BCUT2D eigenvalue weighted by Crippen LogP contribution is 2.28. The highest BCUT2D eigenvalue weighted by Gasteiger charge is 2.12. The number of hydrogen-bond donors (Lipinski definition) is 1. The first-order valence-corrected chi connectivity index (χ1v) is 5.87. The zero-order valence-electron chi connectivity index (χ0n) is 10.2. The van der Waals surface area contributed by atoms with Crippen LogP contribution in [0.25, 0.3) is 0 Å². The maximum Gasteiger partial charge on any atom is 0.137 e. The Balaban J connectivity index is 2.33. The van der Waals surface area contributed by atoms with Crippen LogP contribution in [0, 0.1) is 6.92 Å². The van der Waals surface area contributed by atoms with Crippen LogP contribution in [-0.2, 0) is 0 Å². The molecule has 1 unspecified atom stereocenters. The smallest absolute Gasteiger partial charge is 0.137 e. The second-order valence-electron chi connectivity index (χ2n) is 3.95. The normalized spacial score (nSPS) is 12.2. The highest BCUT2D eigenvalue weighted by molar-refractivity contribution is 6.32. The standard InChI is InChI=1S/C13H14ClN3O/c1-8-6-17-11(7-16-8)13(15)9-3-4-10(14)12(5-9)18-2/h3-7,13H,15H2,1-2H3. The van der Waals surface area contributed by atoms with Crippen molar-refractivity contribution in [2.24, 2.45) is 5.73 Å². The van der Waals surface area contributed by atoms with Crippen molar-refractivity contribution in [3.63, 3.8) is 0 Å². The summed E-state index contributed by atoms with van der Waals surface area (Å²) in [6.07, 6.45) is 3.38. The van der Waals surface area contributed by atoms with Gasteiger partial charge < -0.3 is 10.5 Å². The predicted molar refractivity (Wildman–Crippen MR) is 70.8 cm³/mol. The van der Waals surface area contributed by atoms with E-state index in [4.69, 9.17) is 22.1 Å². The quantitative estimate of drug-likeness (QED) is 0.924. The molecule has 0 aliphatic rings. The van der Waals surface area contributed by atoms with Gasteiger partial charge in [-0.15, -0.1) is 0 Å². The predicted octanol–water partition coefficient (Wildman–Crippen LogP) is 2.50. The van der Waals surface area contributed by atoms with Crippen LogP contribution in [0.1, 0.15) is 23.0 Å². The fraction of sp³-hybridized carbons (Fsp3) is 0.231. The molecular weight excluding hydrogens is 250 g/mol. The molecule has 0 spiro atoms. The molecule has 1 atom stereocenters. The summed E-state index contributed by atoms with van der Waals surface area (Å²) < 4.78 is 5.17. The number of rotatable bonds is 3. The molecule has 0 bridgehead atoms. The van der Waals surface area contributed by atoms with E-state index in [1.165, 1.54) is 0 Å². The van der Waals surface area contributed by atoms with Gasteiger partial charge in [0.1, 0.15) is 5.75 Å². The molecule has 5 heteroatoms. The minimum absolute atomic E-state index is 0.343. The Bertz CT molecular complexity index is 542. The van der Waals surface area contributed by atoms with Crippen molar-refractivity contribution in [2.75, 3.05) is 7.11 Å². The summed E-state index contributed by atoms with van der Waals surface area (Å²) in [5.74, 6) is 0.602. The number of nitrogens with zero attached hydrogens (tertiary/aromatic N) is 2. The van der Waals surface area contributed by atoms with Gasteiger partial charge in [0.2, 0.25) is 0 Å². The van der Waals surface area contributed by atoms with Gasteiger partial charge in [0.15, 0.2) is 0 Å². The van der Waals surface area contributed by atoms with Crippen molar-refractivity contribution in [2.45, 2.75) is 13.0 Å². The number of ether oxygens (including phenoxy) is 1. The topological polar surface area (TPSA) is 61.0 Å². The minimum Gasteiger partial charge on any atom is -0.495 e. The van der Waals surface area contributed by atoms with Crippen molar-refractivity contribution < 1.29 is 4.74 Å². The van der Waals surface area contributed by atoms with Crippen LogP contribution in [0.2, 0.25) is 5.02 Å². The Hall–Kier alpha value is -1.65. The molecular formula is C13H14ClN3O. The molecule has 0 amide bonds. The van der Waals surface area contributed by atoms with E-state index in [9.17, 15) is 0 Å². The monoisotopic (exact) mass is 263 g/mol. The lowest BCUT2D eigenvalue weighted by Gasteiger charge is -2.13. The average molecular weight is 264 g/mol. The van der Waals surface area contributed by atoms with E-state index in [1.54, 1.807) is 25.6 Å². The zero-order chi connectivity index (χ0) is 13.1. The summed E-state index contributed by atoms with van der Waals surface area (Å²) >= 11 is 5.97. The lowest BCUT2D eigenvalue weighted by Crippen LogP contribution is -2.14. The molecule has 18 heavy (non-hydrogen) atoms. The first-order chi connectivity index (χ1) is 8.61. The number of halogens is 1. The summed E-state index contributed by atoms with van der Waals surface area (Å²) in [6, 6.07) is 5.09. The van der Waals surface area contributed by atoms with Gasteiger partial charge in [-0.05, 0) is 24.6 Å². The van der Waals surface area contributed by atoms with Crippen LogP contribution in [0.3, 0.4) is 0 Å². The van der Waals surface area contributed by atoms with Crippen LogP contribution in [-0.4, -0.2) is 17.1 Å². The molecule has 1 aromatic carbocycles. The number of aromatic nitrogens is 2. The Morgan fingerprint density at radius 2 is 2.06 bits per heavy atom. The number of methoxy groups -OCH3 is 1. The zero-order valence-corrected chi connectivity index (χ0v) is 11.0. The van der Waals surface area contributed by atoms with Gasteiger partial charge in [-0.2, -0.15) is 0 Å². The van der Waals surface area contributed by atoms with Crippen molar-refractivity contribution in [3.05, 3.63) is 52.6 Å². The molecule has 0 aliphatic heterocycles. The van der Waals surface area contributed by atoms with Crippen LogP contribution in [0.5, 0.6) is 5.75 Å². The lowest BCUT2D eigenvalue weighted by atomic mass is 10.0. The maximum atomic E-state index is 6.14. The molecule has 2 N–H and O–H groups in total. The third-order valence-electron chi connectivity index (χ3n) is 2.65. The Morgan fingerprint density at radius 1 is 1.28 bits per heavy atom. The molecule has 0 aliphatic carbocycles. The van der Waals surface area contributed by atoms with E-state index in [-0.39, 0.29) is 6.04 Å². The first-order valence-electron chi connectivity index (χ1n) is 5.49. The minimum atomic E-state index is -0.343. The van der Waals surface area contributed by atoms with Gasteiger partial charge in [0.05, 0.1) is 35.8 Å². The Labute approximate surface area is 111 Å². The van der Waals surface area contributed by atoms with Gasteiger partial charge in [-0.25, -0.2) is 0 Å². The highest BCUT2D eigenvalue weighted by atomic mass is 35.5. The van der Waals surface area contributed by atoms with Gasteiger partial charge in [-0.3, -0.25) is 9.97 Å². The Kier molecular flexibility index (Phi) is 3.79. The molecule has 2 aromatic rings. The van der Waals surface area contributed by atoms with Crippen LogP contribution >= 0.6 is 11.6 Å². The summed E-state index contributed by atoms with van der Waals surface area (Å²) in [5.41, 5.74) is 8.60. The number of aryl methyl sites for hydroxylation is 1. The van der Waals surface area contributed by atoms with E-state index in [1.807, 2.05) is 19.1 Å². The van der Waals surface area contributed by atoms with Crippen LogP contribution < -0.4 is 10.5 Å². The molecule has 2 rings (SSSR count). The second kappa shape index (κ2) is 5.33. The van der Waals surface area contributed by atoms with E-state index in [0.29, 0.717) is 16.5 Å². The van der Waals surface area contributed by atoms with Gasteiger partial charge in [0.25, 0.3) is 0 Å². The van der Waals surface area contributed by atoms with Gasteiger partial charge in [0, 0.05) is 6.20 Å². The van der Waals surface area contributed by atoms with Crippen LogP contribution in [0.4, 0.5) is 0 Å². The van der Waals surface area contributed by atoms with Crippen molar-refractivity contribution >= 4 is 11.6 Å². The number of benzene rings is 1. The third-order valence-corrected chi connectivity index (χ3v) is 2.97. The summed E-state index contributed by atoms with van der Waals surface area (Å²) in [5, 5.41) is 0.559.